The second-order valence-corrected chi connectivity index (χ2v) is 7.05. The highest BCUT2D eigenvalue weighted by Gasteiger charge is 2.29. The summed E-state index contributed by atoms with van der Waals surface area (Å²) < 4.78 is 32.5. The highest BCUT2D eigenvalue weighted by atomic mass is 19.1. The van der Waals surface area contributed by atoms with Crippen LogP contribution in [0.2, 0.25) is 0 Å². The van der Waals surface area contributed by atoms with Crippen LogP contribution in [0.1, 0.15) is 17.3 Å². The molecule has 1 aromatic heterocycles. The minimum absolute atomic E-state index is 0.0813. The van der Waals surface area contributed by atoms with Crippen LogP contribution in [0.15, 0.2) is 60.9 Å². The highest BCUT2D eigenvalue weighted by Crippen LogP contribution is 2.26. The van der Waals surface area contributed by atoms with Gasteiger partial charge in [-0.2, -0.15) is 0 Å². The van der Waals surface area contributed by atoms with Crippen LogP contribution in [-0.2, 0) is 0 Å². The van der Waals surface area contributed by atoms with E-state index in [1.54, 1.807) is 23.1 Å². The molecular formula is C22H20F2N4O2. The lowest BCUT2D eigenvalue weighted by atomic mass is 10.1. The Kier molecular flexibility index (Phi) is 5.56. The lowest BCUT2D eigenvalue weighted by Crippen LogP contribution is -2.54. The molecule has 1 atom stereocenters. The van der Waals surface area contributed by atoms with Crippen LogP contribution >= 0.6 is 0 Å². The van der Waals surface area contributed by atoms with Gasteiger partial charge in [0.15, 0.2) is 11.6 Å². The number of ether oxygens (including phenoxy) is 1. The molecule has 4 rings (SSSR count). The number of halogens is 2. The van der Waals surface area contributed by atoms with Crippen molar-refractivity contribution in [3.05, 3.63) is 78.1 Å². The van der Waals surface area contributed by atoms with Crippen molar-refractivity contribution in [3.8, 4) is 11.6 Å². The number of hydrogen-bond donors (Lipinski definition) is 0. The van der Waals surface area contributed by atoms with Gasteiger partial charge in [-0.3, -0.25) is 4.79 Å². The van der Waals surface area contributed by atoms with E-state index in [2.05, 4.69) is 9.97 Å². The molecule has 0 aliphatic carbocycles. The maximum absolute atomic E-state index is 13.8. The minimum Gasteiger partial charge on any atom is -0.436 e. The number of carbonyl (C=O) groups excluding carboxylic acids is 1. The zero-order valence-electron chi connectivity index (χ0n) is 16.3. The van der Waals surface area contributed by atoms with E-state index >= 15 is 0 Å². The molecule has 6 nitrogen and oxygen atoms in total. The fraction of sp³-hybridized carbons (Fsp3) is 0.227. The first-order valence-corrected chi connectivity index (χ1v) is 9.57. The van der Waals surface area contributed by atoms with Gasteiger partial charge < -0.3 is 14.5 Å². The molecule has 2 heterocycles. The molecule has 1 fully saturated rings. The smallest absolute Gasteiger partial charge is 0.254 e. The summed E-state index contributed by atoms with van der Waals surface area (Å²) in [5.41, 5.74) is 0.458. The zero-order valence-corrected chi connectivity index (χ0v) is 16.3. The molecule has 1 aliphatic rings. The summed E-state index contributed by atoms with van der Waals surface area (Å²) in [6.45, 7) is 3.56. The monoisotopic (exact) mass is 410 g/mol. The van der Waals surface area contributed by atoms with Crippen LogP contribution in [0.3, 0.4) is 0 Å². The Hall–Kier alpha value is -3.55. The number of carbonyl (C=O) groups is 1. The SMILES string of the molecule is C[C@@H]1CN(c2cc(Oc3ccccc3F)ncn2)CCN1C(=O)c1ccc(F)cc1. The van der Waals surface area contributed by atoms with E-state index in [-0.39, 0.29) is 29.4 Å². The summed E-state index contributed by atoms with van der Waals surface area (Å²) >= 11 is 0. The van der Waals surface area contributed by atoms with Crippen molar-refractivity contribution in [2.45, 2.75) is 13.0 Å². The predicted molar refractivity (Wildman–Crippen MR) is 108 cm³/mol. The average Bonchev–Trinajstić information content (AvgIpc) is 2.75. The Morgan fingerprint density at radius 3 is 2.57 bits per heavy atom. The summed E-state index contributed by atoms with van der Waals surface area (Å²) in [6.07, 6.45) is 1.37. The maximum Gasteiger partial charge on any atom is 0.254 e. The normalized spacial score (nSPS) is 16.4. The molecule has 30 heavy (non-hydrogen) atoms. The summed E-state index contributed by atoms with van der Waals surface area (Å²) in [7, 11) is 0. The highest BCUT2D eigenvalue weighted by molar-refractivity contribution is 5.94. The van der Waals surface area contributed by atoms with Crippen LogP contribution < -0.4 is 9.64 Å². The molecule has 0 unspecified atom stereocenters. The first-order valence-electron chi connectivity index (χ1n) is 9.57. The van der Waals surface area contributed by atoms with E-state index in [1.165, 1.54) is 42.7 Å². The third-order valence-electron chi connectivity index (χ3n) is 4.98. The van der Waals surface area contributed by atoms with E-state index in [4.69, 9.17) is 4.74 Å². The van der Waals surface area contributed by atoms with E-state index in [9.17, 15) is 13.6 Å². The molecule has 0 bridgehead atoms. The number of amides is 1. The van der Waals surface area contributed by atoms with E-state index in [0.29, 0.717) is 31.0 Å². The standard InChI is InChI=1S/C22H20F2N4O2/c1-15-13-27(10-11-28(15)22(29)16-6-8-17(23)9-7-16)20-12-21(26-14-25-20)30-19-5-3-2-4-18(19)24/h2-9,12,14-15H,10-11,13H2,1H3/t15-/m1/s1. The lowest BCUT2D eigenvalue weighted by molar-refractivity contribution is 0.0673. The van der Waals surface area contributed by atoms with Gasteiger partial charge in [-0.05, 0) is 43.3 Å². The van der Waals surface area contributed by atoms with Crippen LogP contribution in [0, 0.1) is 11.6 Å². The molecule has 1 aliphatic heterocycles. The van der Waals surface area contributed by atoms with Crippen molar-refractivity contribution in [3.63, 3.8) is 0 Å². The Labute approximate surface area is 172 Å². The maximum atomic E-state index is 13.8. The van der Waals surface area contributed by atoms with Crippen molar-refractivity contribution in [1.82, 2.24) is 14.9 Å². The molecule has 1 amide bonds. The van der Waals surface area contributed by atoms with Crippen molar-refractivity contribution < 1.29 is 18.3 Å². The molecule has 0 N–H and O–H groups in total. The van der Waals surface area contributed by atoms with Crippen LogP contribution in [0.4, 0.5) is 14.6 Å². The van der Waals surface area contributed by atoms with Gasteiger partial charge in [-0.1, -0.05) is 12.1 Å². The number of hydrogen-bond acceptors (Lipinski definition) is 5. The number of nitrogens with zero attached hydrogens (tertiary/aromatic N) is 4. The molecule has 1 saturated heterocycles. The molecular weight excluding hydrogens is 390 g/mol. The number of aromatic nitrogens is 2. The Morgan fingerprint density at radius 1 is 1.07 bits per heavy atom. The topological polar surface area (TPSA) is 58.6 Å². The zero-order chi connectivity index (χ0) is 21.1. The molecule has 0 saturated carbocycles. The molecule has 2 aromatic carbocycles. The van der Waals surface area contributed by atoms with Gasteiger partial charge >= 0.3 is 0 Å². The van der Waals surface area contributed by atoms with Crippen LogP contribution in [0.25, 0.3) is 0 Å². The van der Waals surface area contributed by atoms with Crippen molar-refractivity contribution >= 4 is 11.7 Å². The number of para-hydroxylation sites is 1. The second-order valence-electron chi connectivity index (χ2n) is 7.05. The van der Waals surface area contributed by atoms with Crippen LogP contribution in [-0.4, -0.2) is 46.5 Å². The fourth-order valence-electron chi connectivity index (χ4n) is 3.42. The van der Waals surface area contributed by atoms with Gasteiger partial charge in [0.05, 0.1) is 0 Å². The van der Waals surface area contributed by atoms with Crippen molar-refractivity contribution in [1.29, 1.82) is 0 Å². The van der Waals surface area contributed by atoms with Gasteiger partial charge in [-0.15, -0.1) is 0 Å². The van der Waals surface area contributed by atoms with Gasteiger partial charge in [-0.25, -0.2) is 18.7 Å². The summed E-state index contributed by atoms with van der Waals surface area (Å²) in [5, 5.41) is 0. The van der Waals surface area contributed by atoms with Crippen molar-refractivity contribution in [2.24, 2.45) is 0 Å². The first-order chi connectivity index (χ1) is 14.5. The van der Waals surface area contributed by atoms with E-state index in [0.717, 1.165) is 0 Å². The third kappa shape index (κ3) is 4.22. The number of piperazine rings is 1. The number of anilines is 1. The Balaban J connectivity index is 1.45. The largest absolute Gasteiger partial charge is 0.436 e. The minimum atomic E-state index is -0.473. The van der Waals surface area contributed by atoms with Gasteiger partial charge in [0.1, 0.15) is 18.0 Å². The molecule has 3 aromatic rings. The number of rotatable bonds is 4. The summed E-state index contributed by atoms with van der Waals surface area (Å²) in [5.74, 6) is -0.0147. The fourth-order valence-corrected chi connectivity index (χ4v) is 3.42. The third-order valence-corrected chi connectivity index (χ3v) is 4.98. The molecule has 8 heteroatoms. The lowest BCUT2D eigenvalue weighted by Gasteiger charge is -2.40. The molecule has 0 radical (unpaired) electrons. The van der Waals surface area contributed by atoms with Crippen molar-refractivity contribution in [2.75, 3.05) is 24.5 Å². The summed E-state index contributed by atoms with van der Waals surface area (Å²) in [4.78, 5) is 24.9. The first kappa shape index (κ1) is 19.8. The quantitative estimate of drug-likeness (QED) is 0.653. The van der Waals surface area contributed by atoms with Crippen LogP contribution in [0.5, 0.6) is 11.6 Å². The predicted octanol–water partition coefficient (Wildman–Crippen LogP) is 3.90. The van der Waals surface area contributed by atoms with Gasteiger partial charge in [0, 0.05) is 37.3 Å². The molecule has 154 valence electrons. The Bertz CT molecular complexity index is 1050. The van der Waals surface area contributed by atoms with E-state index in [1.807, 2.05) is 11.8 Å². The second kappa shape index (κ2) is 8.44. The average molecular weight is 410 g/mol. The van der Waals surface area contributed by atoms with E-state index < -0.39 is 5.82 Å². The number of benzene rings is 2. The molecule has 0 spiro atoms. The van der Waals surface area contributed by atoms with Gasteiger partial charge in [0.2, 0.25) is 5.88 Å². The summed E-state index contributed by atoms with van der Waals surface area (Å²) in [6, 6.07) is 13.2. The van der Waals surface area contributed by atoms with Gasteiger partial charge in [0.25, 0.3) is 5.91 Å². The Morgan fingerprint density at radius 2 is 1.83 bits per heavy atom.